The van der Waals surface area contributed by atoms with Crippen LogP contribution in [0.5, 0.6) is 0 Å². The van der Waals surface area contributed by atoms with Crippen LogP contribution in [0.1, 0.15) is 65.2 Å². The van der Waals surface area contributed by atoms with Crippen LogP contribution < -0.4 is 0 Å². The molecule has 6 atom stereocenters. The molecule has 1 N–H and O–H groups in total. The monoisotopic (exact) mass is 381 g/mol. The summed E-state index contributed by atoms with van der Waals surface area (Å²) in [7, 11) is -3.54. The summed E-state index contributed by atoms with van der Waals surface area (Å²) in [6.45, 7) is 4.37. The minimum Gasteiger partial charge on any atom is -0.390 e. The second kappa shape index (κ2) is 6.06. The van der Waals surface area contributed by atoms with Crippen molar-refractivity contribution in [2.75, 3.05) is 6.26 Å². The highest BCUT2D eigenvalue weighted by atomic mass is 32.2. The first-order valence-electron chi connectivity index (χ1n) is 9.99. The van der Waals surface area contributed by atoms with E-state index in [2.05, 4.69) is 22.4 Å². The molecule has 0 saturated heterocycles. The number of fused-ring (bicyclic) bond motifs is 5. The van der Waals surface area contributed by atoms with E-state index in [1.165, 1.54) is 18.4 Å². The fourth-order valence-corrected chi connectivity index (χ4v) is 6.86. The molecule has 5 nitrogen and oxygen atoms in total. The second-order valence-corrected chi connectivity index (χ2v) is 11.0. The molecule has 4 aliphatic carbocycles. The molecule has 146 valence electrons. The molecule has 3 saturated carbocycles. The molecule has 4 aliphatic rings. The van der Waals surface area contributed by atoms with Crippen molar-refractivity contribution in [1.29, 1.82) is 0 Å². The lowest BCUT2D eigenvalue weighted by Gasteiger charge is -2.55. The zero-order chi connectivity index (χ0) is 18.7. The van der Waals surface area contributed by atoms with Crippen LogP contribution >= 0.6 is 0 Å². The first-order chi connectivity index (χ1) is 12.1. The highest BCUT2D eigenvalue weighted by Gasteiger charge is 2.60. The standard InChI is InChI=1S/C20H31NO4S/c1-19-10-8-16-15-7-5-14(21-25-26(3,23)24)12-13(15)4-6-17(16)18(19)9-11-20(19,2)22/h12,15-18,22H,4-11H2,1-3H3/b21-14+/t15-,16+,17+,18-,19-,20-/m0/s1. The van der Waals surface area contributed by atoms with E-state index in [4.69, 9.17) is 0 Å². The van der Waals surface area contributed by atoms with E-state index in [9.17, 15) is 13.5 Å². The maximum atomic E-state index is 11.2. The zero-order valence-electron chi connectivity index (χ0n) is 16.1. The average molecular weight is 382 g/mol. The van der Waals surface area contributed by atoms with Gasteiger partial charge in [0.2, 0.25) is 0 Å². The van der Waals surface area contributed by atoms with E-state index in [1.54, 1.807) is 0 Å². The van der Waals surface area contributed by atoms with Gasteiger partial charge >= 0.3 is 10.1 Å². The molecule has 0 unspecified atom stereocenters. The van der Waals surface area contributed by atoms with E-state index in [0.29, 0.717) is 17.8 Å². The Bertz CT molecular complexity index is 754. The number of hydrogen-bond acceptors (Lipinski definition) is 5. The Morgan fingerprint density at radius 1 is 1.12 bits per heavy atom. The van der Waals surface area contributed by atoms with Gasteiger partial charge in [0, 0.05) is 0 Å². The quantitative estimate of drug-likeness (QED) is 0.741. The molecule has 0 amide bonds. The molecule has 0 bridgehead atoms. The minimum absolute atomic E-state index is 0.0694. The van der Waals surface area contributed by atoms with Crippen molar-refractivity contribution < 1.29 is 17.8 Å². The summed E-state index contributed by atoms with van der Waals surface area (Å²) in [6.07, 6.45) is 11.6. The third kappa shape index (κ3) is 2.93. The molecule has 0 spiro atoms. The molecule has 0 radical (unpaired) electrons. The fraction of sp³-hybridized carbons (Fsp3) is 0.850. The highest BCUT2D eigenvalue weighted by molar-refractivity contribution is 7.85. The lowest BCUT2D eigenvalue weighted by molar-refractivity contribution is -0.106. The summed E-state index contributed by atoms with van der Waals surface area (Å²) in [5.74, 6) is 2.66. The van der Waals surface area contributed by atoms with Crippen molar-refractivity contribution in [3.05, 3.63) is 11.6 Å². The van der Waals surface area contributed by atoms with Gasteiger partial charge in [-0.1, -0.05) is 17.7 Å². The van der Waals surface area contributed by atoms with Gasteiger partial charge in [-0.2, -0.15) is 8.42 Å². The zero-order valence-corrected chi connectivity index (χ0v) is 16.9. The summed E-state index contributed by atoms with van der Waals surface area (Å²) in [6, 6.07) is 0. The molecule has 26 heavy (non-hydrogen) atoms. The van der Waals surface area contributed by atoms with Crippen molar-refractivity contribution in [1.82, 2.24) is 0 Å². The highest BCUT2D eigenvalue weighted by Crippen LogP contribution is 2.64. The second-order valence-electron chi connectivity index (χ2n) is 9.47. The topological polar surface area (TPSA) is 76.0 Å². The number of allylic oxidation sites excluding steroid dienone is 2. The fourth-order valence-electron chi connectivity index (χ4n) is 6.62. The van der Waals surface area contributed by atoms with Crippen LogP contribution in [0.25, 0.3) is 0 Å². The van der Waals surface area contributed by atoms with E-state index in [1.807, 2.05) is 6.92 Å². The molecule has 6 heteroatoms. The van der Waals surface area contributed by atoms with Gasteiger partial charge in [0.25, 0.3) is 0 Å². The van der Waals surface area contributed by atoms with Crippen LogP contribution in [0.2, 0.25) is 0 Å². The molecule has 0 heterocycles. The average Bonchev–Trinajstić information content (AvgIpc) is 2.82. The Morgan fingerprint density at radius 2 is 1.88 bits per heavy atom. The molecule has 0 aromatic carbocycles. The van der Waals surface area contributed by atoms with Crippen LogP contribution in [0, 0.1) is 29.1 Å². The Balaban J connectivity index is 1.54. The van der Waals surface area contributed by atoms with Crippen molar-refractivity contribution in [2.24, 2.45) is 34.2 Å². The first-order valence-corrected chi connectivity index (χ1v) is 11.8. The number of nitrogens with zero attached hydrogens (tertiary/aromatic N) is 1. The Kier molecular flexibility index (Phi) is 4.31. The number of hydrogen-bond donors (Lipinski definition) is 1. The lowest BCUT2D eigenvalue weighted by Crippen LogP contribution is -2.51. The first kappa shape index (κ1) is 18.5. The van der Waals surface area contributed by atoms with Crippen molar-refractivity contribution in [2.45, 2.75) is 70.8 Å². The Labute approximate surface area is 157 Å². The van der Waals surface area contributed by atoms with Gasteiger partial charge < -0.3 is 5.11 Å². The Hall–Kier alpha value is -0.880. The third-order valence-corrected chi connectivity index (χ3v) is 8.51. The molecule has 0 aliphatic heterocycles. The van der Waals surface area contributed by atoms with Gasteiger partial charge in [-0.25, -0.2) is 0 Å². The Morgan fingerprint density at radius 3 is 2.62 bits per heavy atom. The van der Waals surface area contributed by atoms with E-state index >= 15 is 0 Å². The van der Waals surface area contributed by atoms with Crippen LogP contribution in [0.15, 0.2) is 16.8 Å². The van der Waals surface area contributed by atoms with Gasteiger partial charge in [-0.05, 0) is 93.5 Å². The minimum atomic E-state index is -3.54. The van der Waals surface area contributed by atoms with Gasteiger partial charge in [0.15, 0.2) is 0 Å². The van der Waals surface area contributed by atoms with Gasteiger partial charge in [-0.3, -0.25) is 4.28 Å². The molecule has 0 aromatic heterocycles. The summed E-state index contributed by atoms with van der Waals surface area (Å²) < 4.78 is 27.0. The number of rotatable bonds is 2. The van der Waals surface area contributed by atoms with E-state index in [0.717, 1.165) is 56.4 Å². The lowest BCUT2D eigenvalue weighted by atomic mass is 9.51. The molecule has 0 aromatic rings. The van der Waals surface area contributed by atoms with Gasteiger partial charge in [0.05, 0.1) is 17.6 Å². The van der Waals surface area contributed by atoms with Gasteiger partial charge in [0.1, 0.15) is 0 Å². The molecule has 4 rings (SSSR count). The maximum absolute atomic E-state index is 11.2. The van der Waals surface area contributed by atoms with Crippen molar-refractivity contribution >= 4 is 15.8 Å². The third-order valence-electron chi connectivity index (χ3n) is 8.17. The summed E-state index contributed by atoms with van der Waals surface area (Å²) >= 11 is 0. The van der Waals surface area contributed by atoms with Crippen molar-refractivity contribution in [3.63, 3.8) is 0 Å². The van der Waals surface area contributed by atoms with E-state index < -0.39 is 15.7 Å². The van der Waals surface area contributed by atoms with Gasteiger partial charge in [-0.15, -0.1) is 0 Å². The summed E-state index contributed by atoms with van der Waals surface area (Å²) in [4.78, 5) is 0. The summed E-state index contributed by atoms with van der Waals surface area (Å²) in [5.41, 5.74) is 1.74. The largest absolute Gasteiger partial charge is 0.390 e. The number of oxime groups is 1. The smallest absolute Gasteiger partial charge is 0.325 e. The molecule has 3 fully saturated rings. The predicted octanol–water partition coefficient (Wildman–Crippen LogP) is 3.64. The molecular formula is C20H31NO4S. The van der Waals surface area contributed by atoms with E-state index in [-0.39, 0.29) is 5.41 Å². The van der Waals surface area contributed by atoms with Crippen LogP contribution in [-0.4, -0.2) is 31.1 Å². The SMILES string of the molecule is C[C@]1(O)CC[C@H]2[C@@H]3CCC4=C/C(=N/OS(C)(=O)=O)CC[C@@H]4[C@H]3CC[C@@]21C. The molecular weight excluding hydrogens is 350 g/mol. The normalized spacial score (nSPS) is 46.9. The van der Waals surface area contributed by atoms with Crippen LogP contribution in [0.4, 0.5) is 0 Å². The van der Waals surface area contributed by atoms with Crippen LogP contribution in [-0.2, 0) is 14.4 Å². The summed E-state index contributed by atoms with van der Waals surface area (Å²) in [5, 5.41) is 14.8. The maximum Gasteiger partial charge on any atom is 0.325 e. The number of aliphatic hydroxyl groups is 1. The van der Waals surface area contributed by atoms with Crippen LogP contribution in [0.3, 0.4) is 0 Å². The van der Waals surface area contributed by atoms with Crippen molar-refractivity contribution in [3.8, 4) is 0 Å². The predicted molar refractivity (Wildman–Crippen MR) is 101 cm³/mol.